The second-order valence-corrected chi connectivity index (χ2v) is 7.16. The normalized spacial score (nSPS) is 11.0. The molecule has 0 fully saturated rings. The minimum Gasteiger partial charge on any atom is -0.495 e. The van der Waals surface area contributed by atoms with Crippen LogP contribution in [-0.2, 0) is 26.1 Å². The smallest absolute Gasteiger partial charge is 0.342 e. The summed E-state index contributed by atoms with van der Waals surface area (Å²) >= 11 is 3.22. The molecule has 0 aliphatic carbocycles. The van der Waals surface area contributed by atoms with Gasteiger partial charge >= 0.3 is 16.1 Å². The molecule has 8 heteroatoms. The molecule has 0 radical (unpaired) electrons. The Hall–Kier alpha value is -2.06. The maximum absolute atomic E-state index is 12.4. The van der Waals surface area contributed by atoms with Gasteiger partial charge in [0, 0.05) is 4.47 Å². The highest BCUT2D eigenvalue weighted by Crippen LogP contribution is 2.29. The van der Waals surface area contributed by atoms with Crippen LogP contribution in [0.5, 0.6) is 11.5 Å². The van der Waals surface area contributed by atoms with Crippen molar-refractivity contribution in [2.45, 2.75) is 11.3 Å². The van der Waals surface area contributed by atoms with Crippen molar-refractivity contribution >= 4 is 32.0 Å². The van der Waals surface area contributed by atoms with Gasteiger partial charge in [-0.25, -0.2) is 0 Å². The fourth-order valence-electron chi connectivity index (χ4n) is 1.92. The third-order valence-corrected chi connectivity index (χ3v) is 4.86. The summed E-state index contributed by atoms with van der Waals surface area (Å²) in [5.74, 6) is -0.0682. The van der Waals surface area contributed by atoms with E-state index >= 15 is 0 Å². The number of rotatable bonds is 6. The maximum atomic E-state index is 12.4. The van der Waals surface area contributed by atoms with Crippen LogP contribution in [0.4, 0.5) is 0 Å². The Kier molecular flexibility index (Phi) is 5.84. The topological polar surface area (TPSA) is 78.9 Å². The van der Waals surface area contributed by atoms with E-state index in [1.54, 1.807) is 18.2 Å². The average Bonchev–Trinajstić information content (AvgIpc) is 2.56. The first kappa shape index (κ1) is 18.3. The highest BCUT2D eigenvalue weighted by molar-refractivity contribution is 9.10. The Morgan fingerprint density at radius 2 is 1.75 bits per heavy atom. The SMILES string of the molecule is COC(=O)Cc1ccc(OS(=O)(=O)c2cc(Br)ccc2OC)cc1. The zero-order chi connectivity index (χ0) is 17.7. The highest BCUT2D eigenvalue weighted by atomic mass is 79.9. The van der Waals surface area contributed by atoms with Gasteiger partial charge < -0.3 is 13.7 Å². The van der Waals surface area contributed by atoms with Gasteiger partial charge in [-0.2, -0.15) is 8.42 Å². The lowest BCUT2D eigenvalue weighted by atomic mass is 10.1. The Balaban J connectivity index is 2.23. The van der Waals surface area contributed by atoms with E-state index in [1.165, 1.54) is 38.5 Å². The molecule has 6 nitrogen and oxygen atoms in total. The van der Waals surface area contributed by atoms with Crippen LogP contribution in [0.25, 0.3) is 0 Å². The minimum absolute atomic E-state index is 0.0852. The van der Waals surface area contributed by atoms with Gasteiger partial charge in [-0.3, -0.25) is 4.79 Å². The number of methoxy groups -OCH3 is 2. The zero-order valence-electron chi connectivity index (χ0n) is 13.0. The molecule has 0 unspecified atom stereocenters. The summed E-state index contributed by atoms with van der Waals surface area (Å²) in [5, 5.41) is 0. The molecule has 2 aromatic carbocycles. The van der Waals surface area contributed by atoms with Gasteiger partial charge in [0.1, 0.15) is 16.4 Å². The molecule has 0 amide bonds. The van der Waals surface area contributed by atoms with Crippen molar-refractivity contribution in [3.63, 3.8) is 0 Å². The van der Waals surface area contributed by atoms with Crippen molar-refractivity contribution in [1.29, 1.82) is 0 Å². The van der Waals surface area contributed by atoms with E-state index in [1.807, 2.05) is 0 Å². The Labute approximate surface area is 148 Å². The Morgan fingerprint density at radius 3 is 2.33 bits per heavy atom. The lowest BCUT2D eigenvalue weighted by molar-refractivity contribution is -0.139. The summed E-state index contributed by atoms with van der Waals surface area (Å²) in [6, 6.07) is 10.7. The molecule has 0 bridgehead atoms. The van der Waals surface area contributed by atoms with Gasteiger partial charge in [-0.15, -0.1) is 0 Å². The summed E-state index contributed by atoms with van der Waals surface area (Å²) in [6.07, 6.45) is 0.100. The molecule has 0 atom stereocenters. The van der Waals surface area contributed by atoms with Crippen LogP contribution >= 0.6 is 15.9 Å². The van der Waals surface area contributed by atoms with E-state index in [4.69, 9.17) is 8.92 Å². The molecule has 128 valence electrons. The lowest BCUT2D eigenvalue weighted by Gasteiger charge is -2.11. The largest absolute Gasteiger partial charge is 0.495 e. The van der Waals surface area contributed by atoms with Crippen LogP contribution in [0.15, 0.2) is 51.8 Å². The van der Waals surface area contributed by atoms with Crippen molar-refractivity contribution in [3.8, 4) is 11.5 Å². The quantitative estimate of drug-likeness (QED) is 0.533. The standard InChI is InChI=1S/C16H15BrO6S/c1-21-14-8-5-12(17)10-15(14)24(19,20)23-13-6-3-11(4-7-13)9-16(18)22-2/h3-8,10H,9H2,1-2H3. The van der Waals surface area contributed by atoms with Crippen molar-refractivity contribution in [2.75, 3.05) is 14.2 Å². The van der Waals surface area contributed by atoms with E-state index in [9.17, 15) is 13.2 Å². The fourth-order valence-corrected chi connectivity index (χ4v) is 3.56. The van der Waals surface area contributed by atoms with Gasteiger partial charge in [0.15, 0.2) is 0 Å². The summed E-state index contributed by atoms with van der Waals surface area (Å²) in [5.41, 5.74) is 0.687. The Bertz CT molecular complexity index is 830. The third kappa shape index (κ3) is 4.48. The van der Waals surface area contributed by atoms with E-state index in [-0.39, 0.29) is 28.8 Å². The first-order valence-electron chi connectivity index (χ1n) is 6.79. The zero-order valence-corrected chi connectivity index (χ0v) is 15.4. The summed E-state index contributed by atoms with van der Waals surface area (Å²) < 4.78 is 40.2. The molecule has 0 spiro atoms. The summed E-state index contributed by atoms with van der Waals surface area (Å²) in [4.78, 5) is 11.1. The van der Waals surface area contributed by atoms with E-state index in [2.05, 4.69) is 20.7 Å². The third-order valence-electron chi connectivity index (χ3n) is 3.10. The van der Waals surface area contributed by atoms with Crippen molar-refractivity contribution in [1.82, 2.24) is 0 Å². The predicted molar refractivity (Wildman–Crippen MR) is 90.7 cm³/mol. The summed E-state index contributed by atoms with van der Waals surface area (Å²) in [7, 11) is -1.38. The lowest BCUT2D eigenvalue weighted by Crippen LogP contribution is -2.11. The molecule has 0 saturated carbocycles. The van der Waals surface area contributed by atoms with Crippen molar-refractivity contribution in [3.05, 3.63) is 52.5 Å². The fraction of sp³-hybridized carbons (Fsp3) is 0.188. The van der Waals surface area contributed by atoms with Crippen molar-refractivity contribution < 1.29 is 26.9 Å². The molecular formula is C16H15BrO6S. The van der Waals surface area contributed by atoms with E-state index in [0.29, 0.717) is 10.0 Å². The van der Waals surface area contributed by atoms with Crippen LogP contribution in [0.1, 0.15) is 5.56 Å². The first-order chi connectivity index (χ1) is 11.4. The number of ether oxygens (including phenoxy) is 2. The number of esters is 1. The second kappa shape index (κ2) is 7.67. The van der Waals surface area contributed by atoms with Crippen LogP contribution in [0.2, 0.25) is 0 Å². The van der Waals surface area contributed by atoms with Gasteiger partial charge in [-0.05, 0) is 35.9 Å². The van der Waals surface area contributed by atoms with Gasteiger partial charge in [-0.1, -0.05) is 28.1 Å². The molecule has 0 aromatic heterocycles. The van der Waals surface area contributed by atoms with Gasteiger partial charge in [0.2, 0.25) is 0 Å². The number of carbonyl (C=O) groups is 1. The van der Waals surface area contributed by atoms with Crippen molar-refractivity contribution in [2.24, 2.45) is 0 Å². The number of benzene rings is 2. The molecule has 2 rings (SSSR count). The minimum atomic E-state index is -4.07. The highest BCUT2D eigenvalue weighted by Gasteiger charge is 2.22. The van der Waals surface area contributed by atoms with Crippen LogP contribution < -0.4 is 8.92 Å². The number of hydrogen-bond acceptors (Lipinski definition) is 6. The van der Waals surface area contributed by atoms with E-state index < -0.39 is 10.1 Å². The molecule has 0 aliphatic rings. The number of halogens is 1. The van der Waals surface area contributed by atoms with Gasteiger partial charge in [0.05, 0.1) is 20.6 Å². The average molecular weight is 415 g/mol. The summed E-state index contributed by atoms with van der Waals surface area (Å²) in [6.45, 7) is 0. The monoisotopic (exact) mass is 414 g/mol. The van der Waals surface area contributed by atoms with Crippen LogP contribution in [0.3, 0.4) is 0 Å². The molecule has 2 aromatic rings. The Morgan fingerprint density at radius 1 is 1.08 bits per heavy atom. The molecule has 0 N–H and O–H groups in total. The first-order valence-corrected chi connectivity index (χ1v) is 8.99. The van der Waals surface area contributed by atoms with E-state index in [0.717, 1.165) is 0 Å². The molecule has 0 saturated heterocycles. The molecule has 0 aliphatic heterocycles. The van der Waals surface area contributed by atoms with Gasteiger partial charge in [0.25, 0.3) is 0 Å². The van der Waals surface area contributed by atoms with Crippen LogP contribution in [0, 0.1) is 0 Å². The second-order valence-electron chi connectivity index (χ2n) is 4.73. The predicted octanol–water partition coefficient (Wildman–Crippen LogP) is 2.94. The molecular weight excluding hydrogens is 400 g/mol. The number of hydrogen-bond donors (Lipinski definition) is 0. The molecule has 0 heterocycles. The maximum Gasteiger partial charge on any atom is 0.342 e. The molecule has 24 heavy (non-hydrogen) atoms. The van der Waals surface area contributed by atoms with Crippen LogP contribution in [-0.4, -0.2) is 28.6 Å². The number of carbonyl (C=O) groups excluding carboxylic acids is 1.